The van der Waals surface area contributed by atoms with Crippen LogP contribution >= 0.6 is 0 Å². The lowest BCUT2D eigenvalue weighted by molar-refractivity contribution is -0.121. The molecule has 0 spiro atoms. The molecule has 3 aromatic rings. The molecule has 146 valence electrons. The zero-order valence-corrected chi connectivity index (χ0v) is 16.0. The molecule has 2 aromatic carbocycles. The predicted molar refractivity (Wildman–Crippen MR) is 98.8 cm³/mol. The van der Waals surface area contributed by atoms with Gasteiger partial charge in [0.05, 0.1) is 16.6 Å². The molecule has 0 aliphatic rings. The van der Waals surface area contributed by atoms with Gasteiger partial charge in [0.15, 0.2) is 15.7 Å². The molecule has 1 amide bonds. The van der Waals surface area contributed by atoms with E-state index in [1.807, 2.05) is 18.2 Å². The fourth-order valence-electron chi connectivity index (χ4n) is 2.58. The van der Waals surface area contributed by atoms with Crippen LogP contribution in [-0.2, 0) is 14.6 Å². The van der Waals surface area contributed by atoms with E-state index in [1.165, 1.54) is 11.6 Å². The summed E-state index contributed by atoms with van der Waals surface area (Å²) in [6, 6.07) is 12.8. The second-order valence-corrected chi connectivity index (χ2v) is 8.42. The standard InChI is InChI=1S/C18H18FN5O3S/c1-12(17-21-22-23-24(17)15-6-4-3-5-7-15)20-18(25)13(2)28(26,27)16-10-8-14(19)9-11-16/h3-13H,1-2H3,(H,20,25). The summed E-state index contributed by atoms with van der Waals surface area (Å²) >= 11 is 0. The average Bonchev–Trinajstić information content (AvgIpc) is 3.18. The van der Waals surface area contributed by atoms with Crippen LogP contribution in [0.1, 0.15) is 25.7 Å². The average molecular weight is 403 g/mol. The number of nitrogens with zero attached hydrogens (tertiary/aromatic N) is 4. The number of carbonyl (C=O) groups is 1. The molecule has 3 rings (SSSR count). The molecular weight excluding hydrogens is 385 g/mol. The van der Waals surface area contributed by atoms with Gasteiger partial charge in [0, 0.05) is 0 Å². The number of aromatic nitrogens is 4. The molecule has 0 saturated carbocycles. The number of para-hydroxylation sites is 1. The number of hydrogen-bond acceptors (Lipinski definition) is 6. The summed E-state index contributed by atoms with van der Waals surface area (Å²) in [5.41, 5.74) is 0.704. The van der Waals surface area contributed by atoms with Gasteiger partial charge >= 0.3 is 0 Å². The lowest BCUT2D eigenvalue weighted by atomic mass is 10.2. The van der Waals surface area contributed by atoms with Crippen LogP contribution in [0.3, 0.4) is 0 Å². The van der Waals surface area contributed by atoms with E-state index in [0.29, 0.717) is 11.5 Å². The minimum atomic E-state index is -3.97. The number of halogens is 1. The van der Waals surface area contributed by atoms with E-state index in [0.717, 1.165) is 24.3 Å². The van der Waals surface area contributed by atoms with E-state index < -0.39 is 32.9 Å². The van der Waals surface area contributed by atoms with Crippen molar-refractivity contribution in [2.45, 2.75) is 30.0 Å². The van der Waals surface area contributed by atoms with Crippen LogP contribution in [0, 0.1) is 5.82 Å². The molecule has 2 atom stereocenters. The molecule has 28 heavy (non-hydrogen) atoms. The SMILES string of the molecule is CC(NC(=O)C(C)S(=O)(=O)c1ccc(F)cc1)c1nnnn1-c1ccccc1. The van der Waals surface area contributed by atoms with Gasteiger partial charge < -0.3 is 5.32 Å². The highest BCUT2D eigenvalue weighted by atomic mass is 32.2. The number of carbonyl (C=O) groups excluding carboxylic acids is 1. The Labute approximate surface area is 161 Å². The Hall–Kier alpha value is -3.14. The van der Waals surface area contributed by atoms with Gasteiger partial charge in [0.25, 0.3) is 0 Å². The van der Waals surface area contributed by atoms with E-state index in [-0.39, 0.29) is 4.90 Å². The summed E-state index contributed by atoms with van der Waals surface area (Å²) in [6.45, 7) is 2.93. The molecule has 8 nitrogen and oxygen atoms in total. The van der Waals surface area contributed by atoms with Crippen LogP contribution in [0.4, 0.5) is 4.39 Å². The lowest BCUT2D eigenvalue weighted by Gasteiger charge is -2.17. The molecule has 1 aromatic heterocycles. The number of rotatable bonds is 6. The Balaban J connectivity index is 1.78. The third-order valence-electron chi connectivity index (χ3n) is 4.22. The largest absolute Gasteiger partial charge is 0.345 e. The second kappa shape index (κ2) is 7.85. The van der Waals surface area contributed by atoms with E-state index in [2.05, 4.69) is 20.8 Å². The first kappa shape index (κ1) is 19.6. The predicted octanol–water partition coefficient (Wildman–Crippen LogP) is 1.84. The van der Waals surface area contributed by atoms with Gasteiger partial charge in [-0.15, -0.1) is 5.10 Å². The van der Waals surface area contributed by atoms with Crippen LogP contribution in [0.5, 0.6) is 0 Å². The molecule has 0 radical (unpaired) electrons. The van der Waals surface area contributed by atoms with Crippen LogP contribution < -0.4 is 5.32 Å². The van der Waals surface area contributed by atoms with Gasteiger partial charge in [-0.2, -0.15) is 4.68 Å². The first-order valence-corrected chi connectivity index (χ1v) is 9.99. The Morgan fingerprint density at radius 1 is 1.07 bits per heavy atom. The molecule has 1 N–H and O–H groups in total. The fourth-order valence-corrected chi connectivity index (χ4v) is 3.86. The molecule has 0 fully saturated rings. The summed E-state index contributed by atoms with van der Waals surface area (Å²) in [7, 11) is -3.97. The summed E-state index contributed by atoms with van der Waals surface area (Å²) in [4.78, 5) is 12.4. The zero-order chi connectivity index (χ0) is 20.3. The zero-order valence-electron chi connectivity index (χ0n) is 15.2. The van der Waals surface area contributed by atoms with E-state index in [4.69, 9.17) is 0 Å². The number of nitrogens with one attached hydrogen (secondary N) is 1. The van der Waals surface area contributed by atoms with Crippen molar-refractivity contribution < 1.29 is 17.6 Å². The van der Waals surface area contributed by atoms with Crippen molar-refractivity contribution in [1.29, 1.82) is 0 Å². The van der Waals surface area contributed by atoms with Crippen molar-refractivity contribution in [2.24, 2.45) is 0 Å². The topological polar surface area (TPSA) is 107 Å². The highest BCUT2D eigenvalue weighted by Crippen LogP contribution is 2.19. The maximum atomic E-state index is 13.0. The molecular formula is C18H18FN5O3S. The molecule has 1 heterocycles. The number of tetrazole rings is 1. The van der Waals surface area contributed by atoms with Crippen LogP contribution in [0.15, 0.2) is 59.5 Å². The Kier molecular flexibility index (Phi) is 5.50. The van der Waals surface area contributed by atoms with Crippen molar-refractivity contribution >= 4 is 15.7 Å². The van der Waals surface area contributed by atoms with Gasteiger partial charge in [-0.3, -0.25) is 4.79 Å². The van der Waals surface area contributed by atoms with Gasteiger partial charge in [-0.1, -0.05) is 18.2 Å². The lowest BCUT2D eigenvalue weighted by Crippen LogP contribution is -2.39. The third kappa shape index (κ3) is 3.91. The van der Waals surface area contributed by atoms with Crippen molar-refractivity contribution in [3.63, 3.8) is 0 Å². The molecule has 0 aliphatic heterocycles. The van der Waals surface area contributed by atoms with Gasteiger partial charge in [-0.05, 0) is 60.7 Å². The quantitative estimate of drug-likeness (QED) is 0.630. The first-order valence-electron chi connectivity index (χ1n) is 8.44. The normalized spacial score (nSPS) is 13.7. The summed E-state index contributed by atoms with van der Waals surface area (Å²) < 4.78 is 39.7. The second-order valence-electron chi connectivity index (χ2n) is 6.16. The summed E-state index contributed by atoms with van der Waals surface area (Å²) in [5, 5.41) is 12.7. The van der Waals surface area contributed by atoms with Crippen molar-refractivity contribution in [3.8, 4) is 5.69 Å². The highest BCUT2D eigenvalue weighted by molar-refractivity contribution is 7.92. The monoisotopic (exact) mass is 403 g/mol. The molecule has 0 bridgehead atoms. The van der Waals surface area contributed by atoms with Gasteiger partial charge in [-0.25, -0.2) is 12.8 Å². The van der Waals surface area contributed by atoms with Gasteiger partial charge in [0.1, 0.15) is 11.1 Å². The maximum Gasteiger partial charge on any atom is 0.239 e. The minimum absolute atomic E-state index is 0.127. The number of amides is 1. The van der Waals surface area contributed by atoms with Crippen molar-refractivity contribution in [2.75, 3.05) is 0 Å². The maximum absolute atomic E-state index is 13.0. The molecule has 0 aliphatic carbocycles. The van der Waals surface area contributed by atoms with Crippen molar-refractivity contribution in [1.82, 2.24) is 25.5 Å². The van der Waals surface area contributed by atoms with Crippen LogP contribution in [0.25, 0.3) is 5.69 Å². The van der Waals surface area contributed by atoms with Crippen molar-refractivity contribution in [3.05, 3.63) is 66.2 Å². The van der Waals surface area contributed by atoms with Gasteiger partial charge in [0.2, 0.25) is 5.91 Å². The number of hydrogen-bond donors (Lipinski definition) is 1. The van der Waals surface area contributed by atoms with Crippen LogP contribution in [0.2, 0.25) is 0 Å². The third-order valence-corrected chi connectivity index (χ3v) is 6.29. The Morgan fingerprint density at radius 3 is 2.36 bits per heavy atom. The molecule has 0 saturated heterocycles. The molecule has 10 heteroatoms. The summed E-state index contributed by atoms with van der Waals surface area (Å²) in [5.74, 6) is -0.914. The number of benzene rings is 2. The van der Waals surface area contributed by atoms with E-state index in [9.17, 15) is 17.6 Å². The van der Waals surface area contributed by atoms with E-state index in [1.54, 1.807) is 19.1 Å². The highest BCUT2D eigenvalue weighted by Gasteiger charge is 2.31. The molecule has 2 unspecified atom stereocenters. The Morgan fingerprint density at radius 2 is 1.71 bits per heavy atom. The minimum Gasteiger partial charge on any atom is -0.345 e. The smallest absolute Gasteiger partial charge is 0.239 e. The van der Waals surface area contributed by atoms with Crippen LogP contribution in [-0.4, -0.2) is 39.8 Å². The first-order chi connectivity index (χ1) is 13.3. The number of sulfone groups is 1. The summed E-state index contributed by atoms with van der Waals surface area (Å²) in [6.07, 6.45) is 0. The van der Waals surface area contributed by atoms with E-state index >= 15 is 0 Å². The fraction of sp³-hybridized carbons (Fsp3) is 0.222. The Bertz CT molecular complexity index is 1070.